The number of phenols is 1. The average Bonchev–Trinajstić information content (AvgIpc) is 3.24. The summed E-state index contributed by atoms with van der Waals surface area (Å²) in [5, 5.41) is 12.5. The van der Waals surface area contributed by atoms with Gasteiger partial charge in [-0.2, -0.15) is 0 Å². The SMILES string of the molecule is COc1cc(-c2csc(/N=C/c3cc(Br)ccc3O)n2)cc2c1OC(C)(C)C2. The average molecular weight is 459 g/mol. The van der Waals surface area contributed by atoms with Crippen molar-refractivity contribution in [3.63, 3.8) is 0 Å². The molecule has 0 saturated carbocycles. The fraction of sp³-hybridized carbons (Fsp3) is 0.238. The summed E-state index contributed by atoms with van der Waals surface area (Å²) < 4.78 is 12.4. The van der Waals surface area contributed by atoms with Crippen LogP contribution in [0.3, 0.4) is 0 Å². The molecule has 1 N–H and O–H groups in total. The van der Waals surface area contributed by atoms with Crippen LogP contribution in [0.25, 0.3) is 11.3 Å². The van der Waals surface area contributed by atoms with Crippen LogP contribution in [-0.2, 0) is 6.42 Å². The fourth-order valence-corrected chi connectivity index (χ4v) is 4.24. The van der Waals surface area contributed by atoms with Gasteiger partial charge in [-0.3, -0.25) is 0 Å². The molecule has 2 aromatic carbocycles. The van der Waals surface area contributed by atoms with Gasteiger partial charge in [-0.1, -0.05) is 15.9 Å². The Balaban J connectivity index is 1.63. The zero-order chi connectivity index (χ0) is 19.9. The number of halogens is 1. The van der Waals surface area contributed by atoms with Crippen LogP contribution in [0.2, 0.25) is 0 Å². The Hall–Kier alpha value is -2.38. The number of benzene rings is 2. The number of fused-ring (bicyclic) bond motifs is 1. The molecule has 0 radical (unpaired) electrons. The Labute approximate surface area is 175 Å². The number of aromatic hydroxyl groups is 1. The van der Waals surface area contributed by atoms with Gasteiger partial charge >= 0.3 is 0 Å². The lowest BCUT2D eigenvalue weighted by molar-refractivity contribution is 0.134. The topological polar surface area (TPSA) is 63.9 Å². The van der Waals surface area contributed by atoms with Crippen molar-refractivity contribution in [2.45, 2.75) is 25.9 Å². The van der Waals surface area contributed by atoms with Crippen LogP contribution in [-0.4, -0.2) is 29.0 Å². The number of methoxy groups -OCH3 is 1. The van der Waals surface area contributed by atoms with Gasteiger partial charge < -0.3 is 14.6 Å². The first-order chi connectivity index (χ1) is 13.3. The molecule has 28 heavy (non-hydrogen) atoms. The number of aliphatic imine (C=N–C) groups is 1. The normalized spacial score (nSPS) is 14.9. The highest BCUT2D eigenvalue weighted by Crippen LogP contribution is 2.44. The third-order valence-corrected chi connectivity index (χ3v) is 5.68. The maximum absolute atomic E-state index is 9.93. The Kier molecular flexibility index (Phi) is 4.89. The predicted molar refractivity (Wildman–Crippen MR) is 116 cm³/mol. The number of hydrogen-bond acceptors (Lipinski definition) is 6. The number of nitrogens with zero attached hydrogens (tertiary/aromatic N) is 2. The number of hydrogen-bond donors (Lipinski definition) is 1. The van der Waals surface area contributed by atoms with Gasteiger partial charge in [0.25, 0.3) is 0 Å². The lowest BCUT2D eigenvalue weighted by Gasteiger charge is -2.17. The molecule has 7 heteroatoms. The van der Waals surface area contributed by atoms with Crippen LogP contribution in [0.1, 0.15) is 25.0 Å². The molecule has 2 heterocycles. The smallest absolute Gasteiger partial charge is 0.209 e. The third kappa shape index (κ3) is 3.77. The van der Waals surface area contributed by atoms with Crippen LogP contribution in [0, 0.1) is 0 Å². The summed E-state index contributed by atoms with van der Waals surface area (Å²) in [5.41, 5.74) is 3.32. The van der Waals surface area contributed by atoms with E-state index in [1.54, 1.807) is 31.5 Å². The van der Waals surface area contributed by atoms with Crippen LogP contribution < -0.4 is 9.47 Å². The quantitative estimate of drug-likeness (QED) is 0.505. The van der Waals surface area contributed by atoms with Crippen molar-refractivity contribution in [3.8, 4) is 28.5 Å². The van der Waals surface area contributed by atoms with Crippen molar-refractivity contribution in [2.24, 2.45) is 4.99 Å². The largest absolute Gasteiger partial charge is 0.507 e. The molecule has 0 saturated heterocycles. The molecule has 1 aromatic heterocycles. The van der Waals surface area contributed by atoms with Gasteiger partial charge in [0.2, 0.25) is 5.13 Å². The van der Waals surface area contributed by atoms with Gasteiger partial charge in [0.15, 0.2) is 11.5 Å². The van der Waals surface area contributed by atoms with E-state index in [4.69, 9.17) is 9.47 Å². The van der Waals surface area contributed by atoms with Gasteiger partial charge in [0.1, 0.15) is 11.4 Å². The Morgan fingerprint density at radius 1 is 1.32 bits per heavy atom. The maximum Gasteiger partial charge on any atom is 0.209 e. The minimum absolute atomic E-state index is 0.176. The van der Waals surface area contributed by atoms with E-state index in [9.17, 15) is 5.11 Å². The molecule has 0 aliphatic carbocycles. The Morgan fingerprint density at radius 3 is 2.93 bits per heavy atom. The Morgan fingerprint density at radius 2 is 2.14 bits per heavy atom. The number of ether oxygens (including phenoxy) is 2. The highest BCUT2D eigenvalue weighted by Gasteiger charge is 2.33. The monoisotopic (exact) mass is 458 g/mol. The fourth-order valence-electron chi connectivity index (χ4n) is 3.19. The van der Waals surface area contributed by atoms with Crippen molar-refractivity contribution in [1.29, 1.82) is 0 Å². The minimum atomic E-state index is -0.238. The first-order valence-corrected chi connectivity index (χ1v) is 10.4. The number of aromatic nitrogens is 1. The zero-order valence-electron chi connectivity index (χ0n) is 15.7. The Bertz CT molecular complexity index is 1080. The molecule has 1 aliphatic heterocycles. The molecule has 0 amide bonds. The predicted octanol–water partition coefficient (Wildman–Crippen LogP) is 5.75. The standard InChI is InChI=1S/C21H19BrN2O3S/c1-21(2)9-13-6-12(8-18(26-3)19(13)27-21)16-11-28-20(24-16)23-10-14-7-15(22)4-5-17(14)25/h4-8,10-11,25H,9H2,1-3H3/b23-10+. The first-order valence-electron chi connectivity index (χ1n) is 8.73. The summed E-state index contributed by atoms with van der Waals surface area (Å²) in [6.07, 6.45) is 2.44. The molecule has 0 bridgehead atoms. The van der Waals surface area contributed by atoms with E-state index in [0.717, 1.165) is 39.2 Å². The van der Waals surface area contributed by atoms with Gasteiger partial charge in [0.05, 0.1) is 12.8 Å². The molecular weight excluding hydrogens is 440 g/mol. The molecule has 1 aliphatic rings. The summed E-state index contributed by atoms with van der Waals surface area (Å²) in [6, 6.07) is 9.26. The summed E-state index contributed by atoms with van der Waals surface area (Å²) >= 11 is 4.84. The van der Waals surface area contributed by atoms with E-state index in [-0.39, 0.29) is 11.4 Å². The molecule has 144 valence electrons. The van der Waals surface area contributed by atoms with Crippen molar-refractivity contribution in [2.75, 3.05) is 7.11 Å². The molecule has 4 rings (SSSR count). The highest BCUT2D eigenvalue weighted by molar-refractivity contribution is 9.10. The minimum Gasteiger partial charge on any atom is -0.507 e. The zero-order valence-corrected chi connectivity index (χ0v) is 18.1. The van der Waals surface area contributed by atoms with Crippen molar-refractivity contribution in [3.05, 3.63) is 51.3 Å². The van der Waals surface area contributed by atoms with E-state index < -0.39 is 0 Å². The van der Waals surface area contributed by atoms with Crippen LogP contribution in [0.4, 0.5) is 5.13 Å². The summed E-state index contributed by atoms with van der Waals surface area (Å²) in [4.78, 5) is 9.02. The first kappa shape index (κ1) is 19.0. The number of rotatable bonds is 4. The second-order valence-electron chi connectivity index (χ2n) is 7.18. The van der Waals surface area contributed by atoms with Gasteiger partial charge in [0, 0.05) is 39.2 Å². The molecule has 0 spiro atoms. The van der Waals surface area contributed by atoms with E-state index in [0.29, 0.717) is 10.7 Å². The van der Waals surface area contributed by atoms with Gasteiger partial charge in [-0.05, 0) is 44.2 Å². The lowest BCUT2D eigenvalue weighted by atomic mass is 9.99. The molecule has 3 aromatic rings. The molecule has 0 atom stereocenters. The van der Waals surface area contributed by atoms with Crippen LogP contribution >= 0.6 is 27.3 Å². The van der Waals surface area contributed by atoms with Crippen molar-refractivity contribution in [1.82, 2.24) is 4.98 Å². The van der Waals surface area contributed by atoms with E-state index >= 15 is 0 Å². The number of thiazole rings is 1. The van der Waals surface area contributed by atoms with E-state index in [1.807, 2.05) is 11.4 Å². The maximum atomic E-state index is 9.93. The highest BCUT2D eigenvalue weighted by atomic mass is 79.9. The molecule has 5 nitrogen and oxygen atoms in total. The summed E-state index contributed by atoms with van der Waals surface area (Å²) in [5.74, 6) is 1.71. The lowest BCUT2D eigenvalue weighted by Crippen LogP contribution is -2.24. The van der Waals surface area contributed by atoms with Crippen LogP contribution in [0.15, 0.2) is 45.2 Å². The van der Waals surface area contributed by atoms with Crippen molar-refractivity contribution < 1.29 is 14.6 Å². The summed E-state index contributed by atoms with van der Waals surface area (Å²) in [6.45, 7) is 4.14. The van der Waals surface area contributed by atoms with Crippen LogP contribution in [0.5, 0.6) is 17.2 Å². The molecule has 0 unspecified atom stereocenters. The summed E-state index contributed by atoms with van der Waals surface area (Å²) in [7, 11) is 1.65. The third-order valence-electron chi connectivity index (χ3n) is 4.44. The molecule has 0 fully saturated rings. The van der Waals surface area contributed by atoms with E-state index in [1.165, 1.54) is 11.3 Å². The van der Waals surface area contributed by atoms with Gasteiger partial charge in [-0.15, -0.1) is 11.3 Å². The second kappa shape index (κ2) is 7.22. The van der Waals surface area contributed by atoms with Gasteiger partial charge in [-0.25, -0.2) is 9.98 Å². The van der Waals surface area contributed by atoms with E-state index in [2.05, 4.69) is 45.8 Å². The second-order valence-corrected chi connectivity index (χ2v) is 8.93. The number of phenolic OH excluding ortho intramolecular Hbond substituents is 1. The molecular formula is C21H19BrN2O3S. The van der Waals surface area contributed by atoms with Crippen molar-refractivity contribution >= 4 is 38.6 Å².